The van der Waals surface area contributed by atoms with Gasteiger partial charge in [0.05, 0.1) is 11.1 Å². The predicted octanol–water partition coefficient (Wildman–Crippen LogP) is 3.03. The second-order valence-corrected chi connectivity index (χ2v) is 5.70. The molecule has 0 aliphatic carbocycles. The van der Waals surface area contributed by atoms with E-state index in [1.165, 1.54) is 12.8 Å². The largest absolute Gasteiger partial charge is 0.482 e. The van der Waals surface area contributed by atoms with Crippen LogP contribution in [0.15, 0.2) is 18.2 Å². The van der Waals surface area contributed by atoms with Crippen molar-refractivity contribution in [1.29, 1.82) is 0 Å². The molecule has 20 heavy (non-hydrogen) atoms. The number of nitrogens with zero attached hydrogens (tertiary/aromatic N) is 1. The SMILES string of the molecule is CCCCN(C)CC(Cl)c1ccc2c(c1)NC(=O)CO2. The number of alkyl halides is 1. The average Bonchev–Trinajstić information content (AvgIpc) is 2.44. The van der Waals surface area contributed by atoms with Gasteiger partial charge in [-0.3, -0.25) is 4.79 Å². The zero-order valence-corrected chi connectivity index (χ0v) is 12.7. The number of anilines is 1. The van der Waals surface area contributed by atoms with Gasteiger partial charge >= 0.3 is 0 Å². The van der Waals surface area contributed by atoms with Crippen LogP contribution in [-0.4, -0.2) is 37.6 Å². The first kappa shape index (κ1) is 15.1. The Labute approximate surface area is 125 Å². The number of likely N-dealkylation sites (N-methyl/N-ethyl adjacent to an activating group) is 1. The molecule has 0 fully saturated rings. The number of nitrogens with one attached hydrogen (secondary N) is 1. The fraction of sp³-hybridized carbons (Fsp3) is 0.533. The van der Waals surface area contributed by atoms with Crippen molar-refractivity contribution in [3.8, 4) is 5.75 Å². The third kappa shape index (κ3) is 3.87. The quantitative estimate of drug-likeness (QED) is 0.821. The van der Waals surface area contributed by atoms with Gasteiger partial charge in [0, 0.05) is 6.54 Å². The Morgan fingerprint density at radius 1 is 1.50 bits per heavy atom. The normalized spacial score (nSPS) is 15.5. The lowest BCUT2D eigenvalue weighted by molar-refractivity contribution is -0.118. The Bertz CT molecular complexity index is 479. The molecule has 0 spiro atoms. The highest BCUT2D eigenvalue weighted by molar-refractivity contribution is 6.21. The molecule has 110 valence electrons. The standard InChI is InChI=1S/C15H21ClN2O2/c1-3-4-7-18(2)9-12(16)11-5-6-14-13(8-11)17-15(19)10-20-14/h5-6,8,12H,3-4,7,9-10H2,1-2H3,(H,17,19). The highest BCUT2D eigenvalue weighted by atomic mass is 35.5. The van der Waals surface area contributed by atoms with E-state index in [0.29, 0.717) is 11.4 Å². The Hall–Kier alpha value is -1.26. The number of benzene rings is 1. The minimum absolute atomic E-state index is 0.0798. The van der Waals surface area contributed by atoms with Crippen molar-refractivity contribution in [3.63, 3.8) is 0 Å². The molecular weight excluding hydrogens is 276 g/mol. The minimum atomic E-state index is -0.124. The molecule has 1 unspecified atom stereocenters. The van der Waals surface area contributed by atoms with Gasteiger partial charge in [0.15, 0.2) is 6.61 Å². The number of amides is 1. The molecule has 0 radical (unpaired) electrons. The summed E-state index contributed by atoms with van der Waals surface area (Å²) in [7, 11) is 2.08. The number of hydrogen-bond donors (Lipinski definition) is 1. The third-order valence-electron chi connectivity index (χ3n) is 3.36. The summed E-state index contributed by atoms with van der Waals surface area (Å²) in [6.07, 6.45) is 2.35. The Kier molecular flexibility index (Phi) is 5.26. The molecule has 1 heterocycles. The zero-order valence-electron chi connectivity index (χ0n) is 12.0. The number of fused-ring (bicyclic) bond motifs is 1. The maximum Gasteiger partial charge on any atom is 0.262 e. The maximum atomic E-state index is 11.3. The van der Waals surface area contributed by atoms with Crippen LogP contribution < -0.4 is 10.1 Å². The number of rotatable bonds is 6. The summed E-state index contributed by atoms with van der Waals surface area (Å²) in [5.74, 6) is 0.581. The number of unbranched alkanes of at least 4 members (excludes halogenated alkanes) is 1. The van der Waals surface area contributed by atoms with Crippen molar-refractivity contribution in [1.82, 2.24) is 4.90 Å². The topological polar surface area (TPSA) is 41.6 Å². The molecule has 0 aromatic heterocycles. The molecule has 5 heteroatoms. The van der Waals surface area contributed by atoms with Gasteiger partial charge in [-0.2, -0.15) is 0 Å². The molecule has 1 amide bonds. The highest BCUT2D eigenvalue weighted by Gasteiger charge is 2.18. The van der Waals surface area contributed by atoms with Crippen molar-refractivity contribution in [2.45, 2.75) is 25.1 Å². The Balaban J connectivity index is 2.01. The number of carbonyl (C=O) groups excluding carboxylic acids is 1. The van der Waals surface area contributed by atoms with E-state index in [2.05, 4.69) is 24.2 Å². The van der Waals surface area contributed by atoms with Gasteiger partial charge in [0.25, 0.3) is 5.91 Å². The van der Waals surface area contributed by atoms with Gasteiger partial charge in [0.1, 0.15) is 5.75 Å². The molecule has 2 rings (SSSR count). The molecule has 0 saturated carbocycles. The van der Waals surface area contributed by atoms with Crippen LogP contribution in [0.1, 0.15) is 30.7 Å². The summed E-state index contributed by atoms with van der Waals surface area (Å²) < 4.78 is 5.34. The van der Waals surface area contributed by atoms with Crippen molar-refractivity contribution < 1.29 is 9.53 Å². The van der Waals surface area contributed by atoms with Crippen LogP contribution in [0.4, 0.5) is 5.69 Å². The van der Waals surface area contributed by atoms with Crippen LogP contribution in [0.2, 0.25) is 0 Å². The van der Waals surface area contributed by atoms with Gasteiger partial charge in [-0.1, -0.05) is 19.4 Å². The van der Waals surface area contributed by atoms with E-state index in [4.69, 9.17) is 16.3 Å². The first-order valence-electron chi connectivity index (χ1n) is 6.99. The second-order valence-electron chi connectivity index (χ2n) is 5.18. The molecular formula is C15H21ClN2O2. The summed E-state index contributed by atoms with van der Waals surface area (Å²) in [4.78, 5) is 13.6. The van der Waals surface area contributed by atoms with Crippen molar-refractivity contribution in [2.24, 2.45) is 0 Å². The van der Waals surface area contributed by atoms with Crippen LogP contribution in [0.3, 0.4) is 0 Å². The lowest BCUT2D eigenvalue weighted by Gasteiger charge is -2.22. The zero-order chi connectivity index (χ0) is 14.5. The third-order valence-corrected chi connectivity index (χ3v) is 3.75. The fourth-order valence-electron chi connectivity index (χ4n) is 2.19. The minimum Gasteiger partial charge on any atom is -0.482 e. The lowest BCUT2D eigenvalue weighted by Crippen LogP contribution is -2.26. The van der Waals surface area contributed by atoms with Gasteiger partial charge in [-0.05, 0) is 37.7 Å². The van der Waals surface area contributed by atoms with Crippen molar-refractivity contribution in [2.75, 3.05) is 32.1 Å². The van der Waals surface area contributed by atoms with E-state index < -0.39 is 0 Å². The fourth-order valence-corrected chi connectivity index (χ4v) is 2.57. The smallest absolute Gasteiger partial charge is 0.262 e. The van der Waals surface area contributed by atoms with Gasteiger partial charge in [-0.15, -0.1) is 11.6 Å². The molecule has 1 aliphatic heterocycles. The molecule has 4 nitrogen and oxygen atoms in total. The second kappa shape index (κ2) is 6.95. The number of hydrogen-bond acceptors (Lipinski definition) is 3. The summed E-state index contributed by atoms with van der Waals surface area (Å²) in [5, 5.41) is 2.71. The van der Waals surface area contributed by atoms with Gasteiger partial charge < -0.3 is 15.0 Å². The Morgan fingerprint density at radius 2 is 2.30 bits per heavy atom. The molecule has 1 aromatic rings. The molecule has 0 saturated heterocycles. The molecule has 0 bridgehead atoms. The Morgan fingerprint density at radius 3 is 3.05 bits per heavy atom. The first-order chi connectivity index (χ1) is 9.60. The van der Waals surface area contributed by atoms with Crippen molar-refractivity contribution in [3.05, 3.63) is 23.8 Å². The van der Waals surface area contributed by atoms with Crippen LogP contribution >= 0.6 is 11.6 Å². The summed E-state index contributed by atoms with van der Waals surface area (Å²) >= 11 is 6.46. The number of carbonyl (C=O) groups is 1. The van der Waals surface area contributed by atoms with E-state index in [1.54, 1.807) is 0 Å². The van der Waals surface area contributed by atoms with E-state index in [1.807, 2.05) is 18.2 Å². The average molecular weight is 297 g/mol. The van der Waals surface area contributed by atoms with Crippen LogP contribution in [-0.2, 0) is 4.79 Å². The van der Waals surface area contributed by atoms with E-state index in [0.717, 1.165) is 18.7 Å². The molecule has 1 N–H and O–H groups in total. The maximum absolute atomic E-state index is 11.3. The first-order valence-corrected chi connectivity index (χ1v) is 7.43. The van der Waals surface area contributed by atoms with Gasteiger partial charge in [-0.25, -0.2) is 0 Å². The predicted molar refractivity (Wildman–Crippen MR) is 81.6 cm³/mol. The molecule has 1 aliphatic rings. The lowest BCUT2D eigenvalue weighted by atomic mass is 10.1. The number of halogens is 1. The van der Waals surface area contributed by atoms with E-state index in [-0.39, 0.29) is 17.9 Å². The van der Waals surface area contributed by atoms with Gasteiger partial charge in [0.2, 0.25) is 0 Å². The summed E-state index contributed by atoms with van der Waals surface area (Å²) in [6.45, 7) is 4.09. The van der Waals surface area contributed by atoms with E-state index >= 15 is 0 Å². The van der Waals surface area contributed by atoms with E-state index in [9.17, 15) is 4.79 Å². The molecule has 1 atom stereocenters. The van der Waals surface area contributed by atoms with Crippen LogP contribution in [0, 0.1) is 0 Å². The monoisotopic (exact) mass is 296 g/mol. The number of ether oxygens (including phenoxy) is 1. The highest BCUT2D eigenvalue weighted by Crippen LogP contribution is 2.32. The van der Waals surface area contributed by atoms with Crippen molar-refractivity contribution >= 4 is 23.2 Å². The van der Waals surface area contributed by atoms with Crippen LogP contribution in [0.25, 0.3) is 0 Å². The molecule has 1 aromatic carbocycles. The summed E-state index contributed by atoms with van der Waals surface area (Å²) in [6, 6.07) is 5.73. The summed E-state index contributed by atoms with van der Waals surface area (Å²) in [5.41, 5.74) is 1.71. The van der Waals surface area contributed by atoms with Crippen LogP contribution in [0.5, 0.6) is 5.75 Å².